The minimum Gasteiger partial charge on any atom is -0.380 e. The highest BCUT2D eigenvalue weighted by Gasteiger charge is 2.11. The quantitative estimate of drug-likeness (QED) is 0.794. The van der Waals surface area contributed by atoms with Gasteiger partial charge in [0.2, 0.25) is 5.91 Å². The van der Waals surface area contributed by atoms with E-state index in [0.717, 1.165) is 16.4 Å². The van der Waals surface area contributed by atoms with Crippen molar-refractivity contribution in [3.05, 3.63) is 36.2 Å². The molecule has 0 saturated heterocycles. The van der Waals surface area contributed by atoms with E-state index in [0.29, 0.717) is 12.4 Å². The lowest BCUT2D eigenvalue weighted by Gasteiger charge is -2.10. The Morgan fingerprint density at radius 3 is 3.00 bits per heavy atom. The molecular weight excluding hydrogens is 300 g/mol. The molecule has 0 aliphatic heterocycles. The first-order chi connectivity index (χ1) is 10.6. The third-order valence-corrected chi connectivity index (χ3v) is 3.91. The number of rotatable bonds is 7. The molecule has 1 aromatic heterocycles. The highest BCUT2D eigenvalue weighted by Crippen LogP contribution is 2.19. The first-order valence-electron chi connectivity index (χ1n) is 7.00. The number of benzene rings is 1. The third-order valence-electron chi connectivity index (χ3n) is 2.95. The Morgan fingerprint density at radius 1 is 1.45 bits per heavy atom. The second-order valence-corrected chi connectivity index (χ2v) is 6.03. The zero-order valence-corrected chi connectivity index (χ0v) is 13.8. The van der Waals surface area contributed by atoms with E-state index in [1.165, 1.54) is 11.8 Å². The molecule has 1 N–H and O–H groups in total. The van der Waals surface area contributed by atoms with Gasteiger partial charge in [-0.05, 0) is 31.5 Å². The fraction of sp³-hybridized carbons (Fsp3) is 0.400. The maximum atomic E-state index is 12.0. The van der Waals surface area contributed by atoms with Crippen molar-refractivity contribution in [2.45, 2.75) is 31.7 Å². The molecule has 0 saturated carbocycles. The Bertz CT molecular complexity index is 628. The van der Waals surface area contributed by atoms with Crippen molar-refractivity contribution in [1.29, 1.82) is 0 Å². The highest BCUT2D eigenvalue weighted by molar-refractivity contribution is 7.99. The summed E-state index contributed by atoms with van der Waals surface area (Å²) in [7, 11) is 1.65. The van der Waals surface area contributed by atoms with Gasteiger partial charge in [-0.2, -0.15) is 0 Å². The van der Waals surface area contributed by atoms with E-state index in [9.17, 15) is 4.79 Å². The van der Waals surface area contributed by atoms with Gasteiger partial charge in [-0.15, -0.1) is 10.2 Å². The normalized spacial score (nSPS) is 10.9. The molecular formula is C15H20N4O2S. The molecule has 0 bridgehead atoms. The molecule has 7 heteroatoms. The van der Waals surface area contributed by atoms with Crippen LogP contribution in [0, 0.1) is 0 Å². The van der Waals surface area contributed by atoms with Crippen molar-refractivity contribution < 1.29 is 9.53 Å². The van der Waals surface area contributed by atoms with Crippen molar-refractivity contribution in [3.63, 3.8) is 0 Å². The Kier molecular flexibility index (Phi) is 5.97. The summed E-state index contributed by atoms with van der Waals surface area (Å²) in [6, 6.07) is 7.89. The van der Waals surface area contributed by atoms with Crippen molar-refractivity contribution in [1.82, 2.24) is 14.8 Å². The Labute approximate surface area is 134 Å². The van der Waals surface area contributed by atoms with Gasteiger partial charge in [0.15, 0.2) is 5.16 Å². The topological polar surface area (TPSA) is 69.0 Å². The number of amides is 1. The summed E-state index contributed by atoms with van der Waals surface area (Å²) < 4.78 is 7.03. The molecule has 22 heavy (non-hydrogen) atoms. The van der Waals surface area contributed by atoms with E-state index in [4.69, 9.17) is 4.74 Å². The first-order valence-corrected chi connectivity index (χ1v) is 7.98. The van der Waals surface area contributed by atoms with Crippen LogP contribution in [0.25, 0.3) is 0 Å². The molecule has 0 fully saturated rings. The van der Waals surface area contributed by atoms with Crippen LogP contribution >= 0.6 is 11.8 Å². The number of methoxy groups -OCH3 is 1. The minimum atomic E-state index is -0.0714. The molecule has 0 spiro atoms. The van der Waals surface area contributed by atoms with E-state index in [-0.39, 0.29) is 11.9 Å². The molecule has 6 nitrogen and oxygen atoms in total. The van der Waals surface area contributed by atoms with Gasteiger partial charge >= 0.3 is 0 Å². The summed E-state index contributed by atoms with van der Waals surface area (Å²) in [6.45, 7) is 4.62. The zero-order chi connectivity index (χ0) is 15.9. The number of carbonyl (C=O) groups is 1. The Hall–Kier alpha value is -1.86. The first kappa shape index (κ1) is 16.5. The largest absolute Gasteiger partial charge is 0.380 e. The number of ether oxygens (including phenoxy) is 1. The van der Waals surface area contributed by atoms with Crippen molar-refractivity contribution in [2.75, 3.05) is 18.2 Å². The van der Waals surface area contributed by atoms with Gasteiger partial charge in [-0.25, -0.2) is 0 Å². The van der Waals surface area contributed by atoms with E-state index < -0.39 is 0 Å². The average Bonchev–Trinajstić information content (AvgIpc) is 2.94. The summed E-state index contributed by atoms with van der Waals surface area (Å²) in [4.78, 5) is 12.0. The molecule has 0 aliphatic carbocycles. The SMILES string of the molecule is COCc1cccc(NC(=O)CSc2nncn2C(C)C)c1. The number of nitrogens with zero attached hydrogens (tertiary/aromatic N) is 3. The second kappa shape index (κ2) is 7.95. The molecule has 0 radical (unpaired) electrons. The molecule has 2 aromatic rings. The van der Waals surface area contributed by atoms with Crippen LogP contribution in [0.1, 0.15) is 25.5 Å². The van der Waals surface area contributed by atoms with Crippen LogP contribution in [-0.4, -0.2) is 33.5 Å². The number of carbonyl (C=O) groups excluding carboxylic acids is 1. The number of thioether (sulfide) groups is 1. The number of anilines is 1. The summed E-state index contributed by atoms with van der Waals surface area (Å²) in [5.74, 6) is 0.220. The van der Waals surface area contributed by atoms with E-state index in [1.807, 2.05) is 28.8 Å². The Morgan fingerprint density at radius 2 is 2.27 bits per heavy atom. The summed E-state index contributed by atoms with van der Waals surface area (Å²) >= 11 is 1.38. The van der Waals surface area contributed by atoms with E-state index in [2.05, 4.69) is 29.4 Å². The van der Waals surface area contributed by atoms with Gasteiger partial charge < -0.3 is 14.6 Å². The third kappa shape index (κ3) is 4.57. The molecule has 1 aromatic carbocycles. The van der Waals surface area contributed by atoms with Crippen LogP contribution in [0.15, 0.2) is 35.7 Å². The second-order valence-electron chi connectivity index (χ2n) is 5.08. The fourth-order valence-corrected chi connectivity index (χ4v) is 2.77. The van der Waals surface area contributed by atoms with Crippen molar-refractivity contribution in [3.8, 4) is 0 Å². The summed E-state index contributed by atoms with van der Waals surface area (Å²) in [5, 5.41) is 11.5. The molecule has 118 valence electrons. The average molecular weight is 320 g/mol. The van der Waals surface area contributed by atoms with Crippen LogP contribution in [0.3, 0.4) is 0 Å². The van der Waals surface area contributed by atoms with Gasteiger partial charge in [-0.1, -0.05) is 23.9 Å². The predicted molar refractivity (Wildman–Crippen MR) is 86.9 cm³/mol. The van der Waals surface area contributed by atoms with Gasteiger partial charge in [0.1, 0.15) is 6.33 Å². The fourth-order valence-electron chi connectivity index (χ4n) is 1.92. The van der Waals surface area contributed by atoms with E-state index in [1.54, 1.807) is 13.4 Å². The number of hydrogen-bond acceptors (Lipinski definition) is 5. The van der Waals surface area contributed by atoms with Crippen LogP contribution < -0.4 is 5.32 Å². The van der Waals surface area contributed by atoms with Gasteiger partial charge in [-0.3, -0.25) is 4.79 Å². The maximum Gasteiger partial charge on any atom is 0.234 e. The lowest BCUT2D eigenvalue weighted by molar-refractivity contribution is -0.113. The smallest absolute Gasteiger partial charge is 0.234 e. The maximum absolute atomic E-state index is 12.0. The predicted octanol–water partition coefficient (Wildman–Crippen LogP) is 2.74. The number of hydrogen-bond donors (Lipinski definition) is 1. The monoisotopic (exact) mass is 320 g/mol. The minimum absolute atomic E-state index is 0.0714. The zero-order valence-electron chi connectivity index (χ0n) is 12.9. The van der Waals surface area contributed by atoms with E-state index >= 15 is 0 Å². The highest BCUT2D eigenvalue weighted by atomic mass is 32.2. The Balaban J connectivity index is 1.90. The lowest BCUT2D eigenvalue weighted by Crippen LogP contribution is -2.15. The number of aromatic nitrogens is 3. The molecule has 0 atom stereocenters. The molecule has 0 unspecified atom stereocenters. The van der Waals surface area contributed by atoms with Gasteiger partial charge in [0.05, 0.1) is 12.4 Å². The van der Waals surface area contributed by atoms with Crippen molar-refractivity contribution >= 4 is 23.4 Å². The van der Waals surface area contributed by atoms with Crippen LogP contribution in [0.2, 0.25) is 0 Å². The molecule has 0 aliphatic rings. The summed E-state index contributed by atoms with van der Waals surface area (Å²) in [5.41, 5.74) is 1.79. The lowest BCUT2D eigenvalue weighted by atomic mass is 10.2. The number of nitrogens with one attached hydrogen (secondary N) is 1. The standard InChI is InChI=1S/C15H20N4O2S/c1-11(2)19-10-16-18-15(19)22-9-14(20)17-13-6-4-5-12(7-13)8-21-3/h4-7,10-11H,8-9H2,1-3H3,(H,17,20). The van der Waals surface area contributed by atoms with Gasteiger partial charge in [0, 0.05) is 18.8 Å². The van der Waals surface area contributed by atoms with Crippen LogP contribution in [-0.2, 0) is 16.1 Å². The van der Waals surface area contributed by atoms with Crippen molar-refractivity contribution in [2.24, 2.45) is 0 Å². The van der Waals surface area contributed by atoms with Crippen LogP contribution in [0.5, 0.6) is 0 Å². The molecule has 1 amide bonds. The van der Waals surface area contributed by atoms with Gasteiger partial charge in [0.25, 0.3) is 0 Å². The summed E-state index contributed by atoms with van der Waals surface area (Å²) in [6.07, 6.45) is 1.68. The molecule has 1 heterocycles. The van der Waals surface area contributed by atoms with Crippen LogP contribution in [0.4, 0.5) is 5.69 Å². The molecule has 2 rings (SSSR count).